The molecule has 1 atom stereocenters. The molecule has 286 valence electrons. The number of amides is 5. The van der Waals surface area contributed by atoms with E-state index in [1.165, 1.54) is 6.07 Å². The zero-order chi connectivity index (χ0) is 38.8. The summed E-state index contributed by atoms with van der Waals surface area (Å²) < 4.78 is 19.2. The maximum Gasteiger partial charge on any atom is 0.266 e. The molecule has 5 amide bonds. The van der Waals surface area contributed by atoms with E-state index >= 15 is 0 Å². The number of nitrogens with one attached hydrogen (secondary N) is 1. The Hall–Kier alpha value is -6.09. The first kappa shape index (κ1) is 37.2. The maximum absolute atomic E-state index is 13.3. The van der Waals surface area contributed by atoms with Crippen molar-refractivity contribution in [1.82, 2.24) is 29.6 Å². The normalized spacial score (nSPS) is 17.4. The van der Waals surface area contributed by atoms with Crippen LogP contribution < -0.4 is 25.1 Å². The second kappa shape index (κ2) is 15.7. The van der Waals surface area contributed by atoms with Crippen molar-refractivity contribution in [2.24, 2.45) is 7.05 Å². The summed E-state index contributed by atoms with van der Waals surface area (Å²) >= 11 is 0. The van der Waals surface area contributed by atoms with Gasteiger partial charge in [0.05, 0.1) is 42.9 Å². The third-order valence-electron chi connectivity index (χ3n) is 10.5. The molecular formula is C40H42N6O9. The Kier molecular flexibility index (Phi) is 10.6. The molecule has 55 heavy (non-hydrogen) atoms. The number of carbonyl (C=O) groups excluding carboxylic acids is 5. The van der Waals surface area contributed by atoms with Gasteiger partial charge in [-0.15, -0.1) is 0 Å². The third kappa shape index (κ3) is 7.26. The Balaban J connectivity index is 0.910. The number of imide groups is 2. The van der Waals surface area contributed by atoms with Gasteiger partial charge in [0.2, 0.25) is 17.7 Å². The van der Waals surface area contributed by atoms with Crippen LogP contribution >= 0.6 is 0 Å². The second-order valence-electron chi connectivity index (χ2n) is 13.8. The largest absolute Gasteiger partial charge is 0.496 e. The van der Waals surface area contributed by atoms with Crippen molar-refractivity contribution in [1.29, 1.82) is 0 Å². The number of carbonyl (C=O) groups is 5. The summed E-state index contributed by atoms with van der Waals surface area (Å²) in [6.45, 7) is 3.28. The lowest BCUT2D eigenvalue weighted by atomic mass is 9.99. The molecule has 0 saturated carbocycles. The van der Waals surface area contributed by atoms with Crippen molar-refractivity contribution in [2.75, 3.05) is 47.0 Å². The number of nitrogens with zero attached hydrogens (tertiary/aromatic N) is 5. The second-order valence-corrected chi connectivity index (χ2v) is 13.8. The van der Waals surface area contributed by atoms with E-state index in [-0.39, 0.29) is 47.8 Å². The number of fused-ring (bicyclic) bond motifs is 2. The zero-order valence-corrected chi connectivity index (χ0v) is 31.0. The van der Waals surface area contributed by atoms with Crippen LogP contribution in [0.5, 0.6) is 17.2 Å². The van der Waals surface area contributed by atoms with Gasteiger partial charge < -0.3 is 23.7 Å². The fraction of sp³-hybridized carbons (Fsp3) is 0.375. The number of hydrogen-bond acceptors (Lipinski definition) is 11. The minimum atomic E-state index is -1.05. The van der Waals surface area contributed by atoms with Gasteiger partial charge in [0.25, 0.3) is 17.4 Å². The molecular weight excluding hydrogens is 708 g/mol. The predicted molar refractivity (Wildman–Crippen MR) is 200 cm³/mol. The number of piperidine rings is 1. The topological polar surface area (TPSA) is 170 Å². The number of aryl methyl sites for hydroxylation is 1. The number of unbranched alkanes of at least 4 members (excludes halogenated alkanes) is 1. The molecule has 5 heterocycles. The standard InChI is InChI=1S/C40H42N6O9/c1-43-22-28(25-12-13-41-21-27(25)38(43)50)24-19-32(53-2)29(33(20-24)54-3)23-44-14-16-45(17-15-44)35(48)9-4-5-18-55-31-8-6-7-26-36(31)40(52)46(39(26)51)30-10-11-34(47)42-37(30)49/h6-8,12-13,19-22,30H,4-5,9-11,14-18,23H2,1-3H3,(H,42,47,49). The van der Waals surface area contributed by atoms with Gasteiger partial charge in [-0.05, 0) is 60.5 Å². The Morgan fingerprint density at radius 1 is 0.891 bits per heavy atom. The molecule has 7 rings (SSSR count). The van der Waals surface area contributed by atoms with E-state index in [0.717, 1.165) is 27.0 Å². The Morgan fingerprint density at radius 3 is 2.35 bits per heavy atom. The maximum atomic E-state index is 13.3. The summed E-state index contributed by atoms with van der Waals surface area (Å²) in [5, 5.41) is 3.51. The summed E-state index contributed by atoms with van der Waals surface area (Å²) in [4.78, 5) is 85.5. The molecule has 0 bridgehead atoms. The number of rotatable bonds is 12. The molecule has 2 saturated heterocycles. The molecule has 2 fully saturated rings. The lowest BCUT2D eigenvalue weighted by molar-refractivity contribution is -0.136. The third-order valence-corrected chi connectivity index (χ3v) is 10.5. The highest BCUT2D eigenvalue weighted by molar-refractivity contribution is 6.24. The highest BCUT2D eigenvalue weighted by Gasteiger charge is 2.46. The van der Waals surface area contributed by atoms with Gasteiger partial charge in [-0.1, -0.05) is 6.07 Å². The van der Waals surface area contributed by atoms with Crippen molar-refractivity contribution in [3.8, 4) is 28.4 Å². The van der Waals surface area contributed by atoms with Crippen LogP contribution in [0, 0.1) is 0 Å². The fourth-order valence-electron chi connectivity index (χ4n) is 7.54. The Bertz CT molecular complexity index is 2240. The van der Waals surface area contributed by atoms with E-state index in [1.54, 1.807) is 50.4 Å². The van der Waals surface area contributed by atoms with Gasteiger partial charge >= 0.3 is 0 Å². The Morgan fingerprint density at radius 2 is 1.64 bits per heavy atom. The average molecular weight is 751 g/mol. The van der Waals surface area contributed by atoms with E-state index < -0.39 is 29.7 Å². The molecule has 0 aliphatic carbocycles. The monoisotopic (exact) mass is 750 g/mol. The van der Waals surface area contributed by atoms with Crippen molar-refractivity contribution in [2.45, 2.75) is 44.7 Å². The van der Waals surface area contributed by atoms with Crippen LogP contribution in [0.15, 0.2) is 59.8 Å². The summed E-state index contributed by atoms with van der Waals surface area (Å²) in [5.41, 5.74) is 2.73. The molecule has 2 aromatic heterocycles. The van der Waals surface area contributed by atoms with Crippen LogP contribution in [0.4, 0.5) is 0 Å². The van der Waals surface area contributed by atoms with Crippen molar-refractivity contribution in [3.05, 3.63) is 82.0 Å². The first-order chi connectivity index (χ1) is 26.6. The van der Waals surface area contributed by atoms with Gasteiger partial charge in [0.15, 0.2) is 0 Å². The highest BCUT2D eigenvalue weighted by atomic mass is 16.5. The number of hydrogen-bond donors (Lipinski definition) is 1. The smallest absolute Gasteiger partial charge is 0.266 e. The van der Waals surface area contributed by atoms with E-state index in [4.69, 9.17) is 14.2 Å². The lowest BCUT2D eigenvalue weighted by Gasteiger charge is -2.35. The van der Waals surface area contributed by atoms with Crippen LogP contribution in [0.1, 0.15) is 58.4 Å². The first-order valence-corrected chi connectivity index (χ1v) is 18.3. The number of benzene rings is 2. The van der Waals surface area contributed by atoms with E-state index in [0.29, 0.717) is 68.9 Å². The molecule has 3 aliphatic rings. The SMILES string of the molecule is COc1cc(-c2cn(C)c(=O)c3cnccc23)cc(OC)c1CN1CCN(C(=O)CCCCOc2cccc3c2C(=O)N(C2CCC(=O)NC2=O)C3=O)CC1. The van der Waals surface area contributed by atoms with Gasteiger partial charge in [-0.3, -0.25) is 48.9 Å². The molecule has 3 aliphatic heterocycles. The molecule has 0 radical (unpaired) electrons. The summed E-state index contributed by atoms with van der Waals surface area (Å²) in [7, 11) is 4.96. The van der Waals surface area contributed by atoms with Gasteiger partial charge in [-0.25, -0.2) is 0 Å². The van der Waals surface area contributed by atoms with Gasteiger partial charge in [0, 0.05) is 76.8 Å². The van der Waals surface area contributed by atoms with Crippen LogP contribution in [-0.4, -0.2) is 107 Å². The molecule has 0 spiro atoms. The Labute approximate surface area is 316 Å². The van der Waals surface area contributed by atoms with Crippen LogP contribution in [0.2, 0.25) is 0 Å². The van der Waals surface area contributed by atoms with E-state index in [1.807, 2.05) is 29.3 Å². The minimum Gasteiger partial charge on any atom is -0.496 e. The number of pyridine rings is 2. The first-order valence-electron chi connectivity index (χ1n) is 18.3. The molecule has 2 aromatic carbocycles. The summed E-state index contributed by atoms with van der Waals surface area (Å²) in [5.74, 6) is -0.695. The number of aromatic nitrogens is 2. The molecule has 4 aromatic rings. The molecule has 15 heteroatoms. The zero-order valence-electron chi connectivity index (χ0n) is 31.0. The number of piperazine rings is 1. The minimum absolute atomic E-state index is 0.0406. The van der Waals surface area contributed by atoms with Crippen molar-refractivity contribution in [3.63, 3.8) is 0 Å². The molecule has 1 N–H and O–H groups in total. The average Bonchev–Trinajstić information content (AvgIpc) is 3.45. The van der Waals surface area contributed by atoms with Crippen LogP contribution in [-0.2, 0) is 28.0 Å². The van der Waals surface area contributed by atoms with E-state index in [2.05, 4.69) is 15.2 Å². The van der Waals surface area contributed by atoms with Crippen LogP contribution in [0.3, 0.4) is 0 Å². The van der Waals surface area contributed by atoms with Crippen LogP contribution in [0.25, 0.3) is 21.9 Å². The quantitative estimate of drug-likeness (QED) is 0.167. The van der Waals surface area contributed by atoms with Gasteiger partial charge in [0.1, 0.15) is 23.3 Å². The lowest BCUT2D eigenvalue weighted by Crippen LogP contribution is -2.54. The molecule has 1 unspecified atom stereocenters. The molecule has 15 nitrogen and oxygen atoms in total. The number of methoxy groups -OCH3 is 2. The summed E-state index contributed by atoms with van der Waals surface area (Å²) in [6, 6.07) is 9.44. The highest BCUT2D eigenvalue weighted by Crippen LogP contribution is 2.38. The predicted octanol–water partition coefficient (Wildman–Crippen LogP) is 2.91. The fourth-order valence-corrected chi connectivity index (χ4v) is 7.54. The number of ether oxygens (including phenoxy) is 3. The summed E-state index contributed by atoms with van der Waals surface area (Å²) in [6.07, 6.45) is 6.64. The van der Waals surface area contributed by atoms with Crippen molar-refractivity contribution >= 4 is 40.3 Å². The van der Waals surface area contributed by atoms with Crippen molar-refractivity contribution < 1.29 is 38.2 Å². The van der Waals surface area contributed by atoms with Gasteiger partial charge in [-0.2, -0.15) is 0 Å². The van der Waals surface area contributed by atoms with E-state index in [9.17, 15) is 28.8 Å².